The number of aliphatic imine (C=N–C) groups is 1. The van der Waals surface area contributed by atoms with Crippen LogP contribution in [0.2, 0.25) is 0 Å². The first kappa shape index (κ1) is 11.2. The van der Waals surface area contributed by atoms with Gasteiger partial charge in [-0.1, -0.05) is 42.5 Å². The predicted molar refractivity (Wildman–Crippen MR) is 73.0 cm³/mol. The molecule has 0 aromatic heterocycles. The molecule has 0 amide bonds. The number of rotatable bonds is 3. The van der Waals surface area contributed by atoms with E-state index in [4.69, 9.17) is 0 Å². The molecular formula is C14H15NS. The van der Waals surface area contributed by atoms with Crippen LogP contribution in [0.3, 0.4) is 0 Å². The van der Waals surface area contributed by atoms with Gasteiger partial charge in [0.1, 0.15) is 0 Å². The van der Waals surface area contributed by atoms with E-state index in [1.165, 1.54) is 10.5 Å². The highest BCUT2D eigenvalue weighted by molar-refractivity contribution is 8.02. The van der Waals surface area contributed by atoms with Crippen molar-refractivity contribution < 1.29 is 0 Å². The number of hydrogen-bond donors (Lipinski definition) is 0. The number of allylic oxidation sites excluding steroid dienone is 3. The van der Waals surface area contributed by atoms with Gasteiger partial charge in [0.25, 0.3) is 0 Å². The maximum atomic E-state index is 4.13. The Kier molecular flexibility index (Phi) is 3.62. The average molecular weight is 229 g/mol. The Morgan fingerprint density at radius 3 is 2.69 bits per heavy atom. The summed E-state index contributed by atoms with van der Waals surface area (Å²) in [6.45, 7) is 3.66. The van der Waals surface area contributed by atoms with Crippen LogP contribution in [0.5, 0.6) is 0 Å². The van der Waals surface area contributed by atoms with Gasteiger partial charge in [0.05, 0.1) is 5.70 Å². The first-order valence-electron chi connectivity index (χ1n) is 5.32. The lowest BCUT2D eigenvalue weighted by Crippen LogP contribution is -2.02. The Hall–Kier alpha value is -1.28. The molecule has 0 bridgehead atoms. The lowest BCUT2D eigenvalue weighted by Gasteiger charge is -2.19. The summed E-state index contributed by atoms with van der Waals surface area (Å²) < 4.78 is 0. The summed E-state index contributed by atoms with van der Waals surface area (Å²) in [4.78, 5) is 5.37. The minimum atomic E-state index is 0.442. The fourth-order valence-corrected chi connectivity index (χ4v) is 2.53. The van der Waals surface area contributed by atoms with Gasteiger partial charge in [-0.25, -0.2) is 0 Å². The van der Waals surface area contributed by atoms with Crippen molar-refractivity contribution in [3.05, 3.63) is 58.6 Å². The molecule has 0 fully saturated rings. The van der Waals surface area contributed by atoms with Gasteiger partial charge in [-0.3, -0.25) is 4.99 Å². The molecule has 1 aliphatic carbocycles. The highest BCUT2D eigenvalue weighted by Crippen LogP contribution is 2.35. The van der Waals surface area contributed by atoms with E-state index < -0.39 is 0 Å². The number of benzene rings is 1. The van der Waals surface area contributed by atoms with Gasteiger partial charge in [-0.15, -0.1) is 11.8 Å². The summed E-state index contributed by atoms with van der Waals surface area (Å²) in [6.07, 6.45) is 7.46. The van der Waals surface area contributed by atoms with E-state index in [0.717, 1.165) is 12.1 Å². The Labute approximate surface area is 101 Å². The van der Waals surface area contributed by atoms with Crippen LogP contribution in [-0.4, -0.2) is 13.0 Å². The molecule has 0 heterocycles. The van der Waals surface area contributed by atoms with Crippen molar-refractivity contribution in [2.45, 2.75) is 12.3 Å². The Balaban J connectivity index is 2.23. The molecule has 0 saturated heterocycles. The van der Waals surface area contributed by atoms with Crippen molar-refractivity contribution in [2.75, 3.05) is 6.26 Å². The van der Waals surface area contributed by atoms with Crippen molar-refractivity contribution in [2.24, 2.45) is 4.99 Å². The van der Waals surface area contributed by atoms with Gasteiger partial charge in [-0.2, -0.15) is 0 Å². The SMILES string of the molecule is C=NC1=C(SC)C=CC(c2ccccc2)C1. The molecule has 0 radical (unpaired) electrons. The molecule has 0 aliphatic heterocycles. The molecule has 82 valence electrons. The standard InChI is InChI=1S/C14H15NS/c1-15-13-10-12(8-9-14(13)16-2)11-6-4-3-5-7-11/h3-9,12H,1,10H2,2H3. The third kappa shape index (κ3) is 2.27. The Morgan fingerprint density at radius 2 is 2.06 bits per heavy atom. The first-order valence-corrected chi connectivity index (χ1v) is 6.54. The Morgan fingerprint density at radius 1 is 1.31 bits per heavy atom. The number of thioether (sulfide) groups is 1. The zero-order chi connectivity index (χ0) is 11.4. The molecule has 1 atom stereocenters. The van der Waals surface area contributed by atoms with Crippen molar-refractivity contribution >= 4 is 18.5 Å². The third-order valence-corrected chi connectivity index (χ3v) is 3.63. The maximum Gasteiger partial charge on any atom is 0.0540 e. The molecule has 2 heteroatoms. The summed E-state index contributed by atoms with van der Waals surface area (Å²) in [5, 5.41) is 0. The van der Waals surface area contributed by atoms with Crippen LogP contribution in [0.15, 0.2) is 58.1 Å². The molecule has 0 spiro atoms. The molecule has 2 rings (SSSR count). The Bertz CT molecular complexity index is 431. The molecule has 1 aromatic rings. The molecule has 0 N–H and O–H groups in total. The van der Waals surface area contributed by atoms with Crippen LogP contribution < -0.4 is 0 Å². The summed E-state index contributed by atoms with van der Waals surface area (Å²) in [5.41, 5.74) is 2.46. The second kappa shape index (κ2) is 5.17. The van der Waals surface area contributed by atoms with Gasteiger partial charge >= 0.3 is 0 Å². The van der Waals surface area contributed by atoms with Crippen molar-refractivity contribution in [3.63, 3.8) is 0 Å². The van der Waals surface area contributed by atoms with Crippen molar-refractivity contribution in [1.29, 1.82) is 0 Å². The third-order valence-electron chi connectivity index (χ3n) is 2.82. The van der Waals surface area contributed by atoms with E-state index >= 15 is 0 Å². The van der Waals surface area contributed by atoms with E-state index in [0.29, 0.717) is 5.92 Å². The second-order valence-corrected chi connectivity index (χ2v) is 4.60. The highest BCUT2D eigenvalue weighted by Gasteiger charge is 2.16. The van der Waals surface area contributed by atoms with Crippen LogP contribution >= 0.6 is 11.8 Å². The van der Waals surface area contributed by atoms with E-state index in [9.17, 15) is 0 Å². The largest absolute Gasteiger partial charge is 0.268 e. The molecule has 1 unspecified atom stereocenters. The van der Waals surface area contributed by atoms with Gasteiger partial charge in [0.2, 0.25) is 0 Å². The van der Waals surface area contributed by atoms with Gasteiger partial charge in [0.15, 0.2) is 0 Å². The van der Waals surface area contributed by atoms with E-state index in [1.54, 1.807) is 11.8 Å². The maximum absolute atomic E-state index is 4.13. The molecule has 1 aliphatic rings. The molecule has 1 nitrogen and oxygen atoms in total. The number of nitrogens with zero attached hydrogens (tertiary/aromatic N) is 1. The highest BCUT2D eigenvalue weighted by atomic mass is 32.2. The zero-order valence-corrected chi connectivity index (χ0v) is 10.2. The van der Waals surface area contributed by atoms with Crippen LogP contribution in [0.4, 0.5) is 0 Å². The fourth-order valence-electron chi connectivity index (χ4n) is 1.93. The zero-order valence-electron chi connectivity index (χ0n) is 9.39. The van der Waals surface area contributed by atoms with E-state index in [1.807, 2.05) is 6.07 Å². The van der Waals surface area contributed by atoms with Gasteiger partial charge in [0, 0.05) is 17.2 Å². The van der Waals surface area contributed by atoms with Crippen LogP contribution in [-0.2, 0) is 0 Å². The quantitative estimate of drug-likeness (QED) is 0.713. The summed E-state index contributed by atoms with van der Waals surface area (Å²) >= 11 is 1.73. The van der Waals surface area contributed by atoms with Crippen LogP contribution in [0.1, 0.15) is 17.9 Å². The molecule has 0 saturated carbocycles. The summed E-state index contributed by atoms with van der Waals surface area (Å²) in [7, 11) is 0. The lowest BCUT2D eigenvalue weighted by atomic mass is 9.91. The minimum Gasteiger partial charge on any atom is -0.268 e. The molecule has 16 heavy (non-hydrogen) atoms. The fraction of sp³-hybridized carbons (Fsp3) is 0.214. The topological polar surface area (TPSA) is 12.4 Å². The van der Waals surface area contributed by atoms with Crippen LogP contribution in [0, 0.1) is 0 Å². The van der Waals surface area contributed by atoms with E-state index in [-0.39, 0.29) is 0 Å². The second-order valence-electron chi connectivity index (χ2n) is 3.75. The normalized spacial score (nSPS) is 19.9. The van der Waals surface area contributed by atoms with Crippen molar-refractivity contribution in [1.82, 2.24) is 0 Å². The van der Waals surface area contributed by atoms with Gasteiger partial charge < -0.3 is 0 Å². The summed E-state index contributed by atoms with van der Waals surface area (Å²) in [6, 6.07) is 10.5. The monoisotopic (exact) mass is 229 g/mol. The van der Waals surface area contributed by atoms with E-state index in [2.05, 4.69) is 54.4 Å². The van der Waals surface area contributed by atoms with Crippen LogP contribution in [0.25, 0.3) is 0 Å². The first-order chi connectivity index (χ1) is 7.85. The smallest absolute Gasteiger partial charge is 0.0540 e. The lowest BCUT2D eigenvalue weighted by molar-refractivity contribution is 0.804. The average Bonchev–Trinajstić information content (AvgIpc) is 2.39. The van der Waals surface area contributed by atoms with Crippen molar-refractivity contribution in [3.8, 4) is 0 Å². The minimum absolute atomic E-state index is 0.442. The number of hydrogen-bond acceptors (Lipinski definition) is 2. The summed E-state index contributed by atoms with van der Waals surface area (Å²) in [5.74, 6) is 0.442. The predicted octanol–water partition coefficient (Wildman–Crippen LogP) is 4.01. The molecule has 1 aromatic carbocycles. The molecular weight excluding hydrogens is 214 g/mol. The van der Waals surface area contributed by atoms with Gasteiger partial charge in [-0.05, 0) is 18.5 Å².